The number of H-pyrrole nitrogens is 1. The van der Waals surface area contributed by atoms with Crippen molar-refractivity contribution in [2.75, 3.05) is 0 Å². The number of hydrogen-bond acceptors (Lipinski definition) is 3. The van der Waals surface area contributed by atoms with E-state index in [1.807, 2.05) is 6.92 Å². The van der Waals surface area contributed by atoms with Gasteiger partial charge in [0.2, 0.25) is 0 Å². The van der Waals surface area contributed by atoms with Crippen molar-refractivity contribution in [1.29, 1.82) is 0 Å². The molecule has 0 spiro atoms. The lowest BCUT2D eigenvalue weighted by Crippen LogP contribution is -2.14. The van der Waals surface area contributed by atoms with Gasteiger partial charge in [-0.15, -0.1) is 22.9 Å². The zero-order chi connectivity index (χ0) is 14.1. The van der Waals surface area contributed by atoms with E-state index in [4.69, 9.17) is 11.6 Å². The largest absolute Gasteiger partial charge is 0.309 e. The van der Waals surface area contributed by atoms with Crippen molar-refractivity contribution in [1.82, 2.24) is 9.97 Å². The van der Waals surface area contributed by atoms with E-state index >= 15 is 0 Å². The number of aromatic amines is 1. The van der Waals surface area contributed by atoms with E-state index in [1.165, 1.54) is 37.7 Å². The zero-order valence-electron chi connectivity index (χ0n) is 11.6. The monoisotopic (exact) mass is 310 g/mol. The quantitative estimate of drug-likeness (QED) is 0.834. The Kier molecular flexibility index (Phi) is 4.13. The minimum absolute atomic E-state index is 0.0223. The molecule has 1 unspecified atom stereocenters. The van der Waals surface area contributed by atoms with Crippen molar-refractivity contribution in [2.24, 2.45) is 0 Å². The first-order chi connectivity index (χ1) is 9.70. The van der Waals surface area contributed by atoms with E-state index in [1.54, 1.807) is 11.3 Å². The first-order valence-electron chi connectivity index (χ1n) is 7.36. The molecule has 0 aromatic carbocycles. The van der Waals surface area contributed by atoms with Crippen LogP contribution in [0.25, 0.3) is 10.2 Å². The molecule has 2 heterocycles. The van der Waals surface area contributed by atoms with Gasteiger partial charge in [0.15, 0.2) is 0 Å². The first-order valence-corrected chi connectivity index (χ1v) is 8.67. The standard InChI is InChI=1S/C15H19ClN2OS/c1-2-11(16)13-17-14(19)12-10(8-20-15(12)18-13)9-6-4-3-5-7-9/h8-9,11H,2-7H2,1H3,(H,17,18,19). The van der Waals surface area contributed by atoms with Gasteiger partial charge in [-0.25, -0.2) is 4.98 Å². The van der Waals surface area contributed by atoms with E-state index in [0.29, 0.717) is 11.7 Å². The number of alkyl halides is 1. The number of fused-ring (bicyclic) bond motifs is 1. The smallest absolute Gasteiger partial charge is 0.259 e. The third-order valence-corrected chi connectivity index (χ3v) is 5.60. The Balaban J connectivity index is 2.06. The summed E-state index contributed by atoms with van der Waals surface area (Å²) in [7, 11) is 0. The van der Waals surface area contributed by atoms with Crippen molar-refractivity contribution >= 4 is 33.2 Å². The molecule has 2 aromatic heterocycles. The average molecular weight is 311 g/mol. The molecule has 5 heteroatoms. The number of hydrogen-bond donors (Lipinski definition) is 1. The van der Waals surface area contributed by atoms with Gasteiger partial charge in [0.25, 0.3) is 5.56 Å². The maximum atomic E-state index is 12.4. The molecule has 108 valence electrons. The van der Waals surface area contributed by atoms with Crippen molar-refractivity contribution in [2.45, 2.75) is 56.7 Å². The summed E-state index contributed by atoms with van der Waals surface area (Å²) in [6.45, 7) is 1.99. The van der Waals surface area contributed by atoms with Gasteiger partial charge in [-0.05, 0) is 36.1 Å². The van der Waals surface area contributed by atoms with Crippen LogP contribution in [0.2, 0.25) is 0 Å². The summed E-state index contributed by atoms with van der Waals surface area (Å²) in [5, 5.41) is 2.71. The molecule has 1 N–H and O–H groups in total. The second-order valence-corrected chi connectivity index (χ2v) is 6.92. The van der Waals surface area contributed by atoms with Crippen LogP contribution in [-0.4, -0.2) is 9.97 Å². The summed E-state index contributed by atoms with van der Waals surface area (Å²) < 4.78 is 0. The summed E-state index contributed by atoms with van der Waals surface area (Å²) in [5.74, 6) is 1.13. The molecule has 1 fully saturated rings. The summed E-state index contributed by atoms with van der Waals surface area (Å²) in [6, 6.07) is 0. The highest BCUT2D eigenvalue weighted by Gasteiger charge is 2.22. The predicted molar refractivity (Wildman–Crippen MR) is 85.0 cm³/mol. The highest BCUT2D eigenvalue weighted by molar-refractivity contribution is 7.16. The van der Waals surface area contributed by atoms with Gasteiger partial charge in [0.1, 0.15) is 10.7 Å². The summed E-state index contributed by atoms with van der Waals surface area (Å²) in [6.07, 6.45) is 7.01. The lowest BCUT2D eigenvalue weighted by molar-refractivity contribution is 0.446. The molecule has 3 rings (SSSR count). The van der Waals surface area contributed by atoms with E-state index in [0.717, 1.165) is 16.6 Å². The van der Waals surface area contributed by atoms with Crippen LogP contribution in [0.15, 0.2) is 10.2 Å². The van der Waals surface area contributed by atoms with Crippen LogP contribution in [0.3, 0.4) is 0 Å². The molecule has 0 amide bonds. The van der Waals surface area contributed by atoms with Crippen LogP contribution < -0.4 is 5.56 Å². The number of thiophene rings is 1. The highest BCUT2D eigenvalue weighted by Crippen LogP contribution is 2.37. The fourth-order valence-electron chi connectivity index (χ4n) is 3.04. The second-order valence-electron chi connectivity index (χ2n) is 5.53. The predicted octanol–water partition coefficient (Wildman–Crippen LogP) is 4.72. The number of nitrogens with one attached hydrogen (secondary N) is 1. The third kappa shape index (κ3) is 2.51. The van der Waals surface area contributed by atoms with Gasteiger partial charge in [-0.2, -0.15) is 0 Å². The van der Waals surface area contributed by atoms with Crippen LogP contribution in [0, 0.1) is 0 Å². The lowest BCUT2D eigenvalue weighted by Gasteiger charge is -2.20. The maximum Gasteiger partial charge on any atom is 0.259 e. The van der Waals surface area contributed by atoms with Crippen LogP contribution >= 0.6 is 22.9 Å². The molecule has 2 aromatic rings. The number of nitrogens with zero attached hydrogens (tertiary/aromatic N) is 1. The van der Waals surface area contributed by atoms with E-state index in [2.05, 4.69) is 15.3 Å². The third-order valence-electron chi connectivity index (χ3n) is 4.19. The summed E-state index contributed by atoms with van der Waals surface area (Å²) >= 11 is 7.76. The molecule has 0 saturated heterocycles. The topological polar surface area (TPSA) is 45.8 Å². The fourth-order valence-corrected chi connectivity index (χ4v) is 4.17. The minimum Gasteiger partial charge on any atom is -0.309 e. The number of aromatic nitrogens is 2. The van der Waals surface area contributed by atoms with Crippen molar-refractivity contribution in [3.05, 3.63) is 27.1 Å². The van der Waals surface area contributed by atoms with Gasteiger partial charge >= 0.3 is 0 Å². The Morgan fingerprint density at radius 2 is 2.20 bits per heavy atom. The van der Waals surface area contributed by atoms with E-state index in [-0.39, 0.29) is 10.9 Å². The Morgan fingerprint density at radius 3 is 2.90 bits per heavy atom. The fraction of sp³-hybridized carbons (Fsp3) is 0.600. The molecule has 0 aliphatic heterocycles. The Labute approximate surface area is 127 Å². The molecule has 0 bridgehead atoms. The van der Waals surface area contributed by atoms with Crippen LogP contribution in [0.4, 0.5) is 0 Å². The molecular formula is C15H19ClN2OS. The lowest BCUT2D eigenvalue weighted by atomic mass is 9.84. The molecule has 3 nitrogen and oxygen atoms in total. The zero-order valence-corrected chi connectivity index (χ0v) is 13.2. The van der Waals surface area contributed by atoms with Gasteiger partial charge < -0.3 is 4.98 Å². The Morgan fingerprint density at radius 1 is 1.45 bits per heavy atom. The molecular weight excluding hydrogens is 292 g/mol. The van der Waals surface area contributed by atoms with Gasteiger partial charge in [-0.1, -0.05) is 26.2 Å². The normalized spacial score (nSPS) is 18.5. The van der Waals surface area contributed by atoms with E-state index in [9.17, 15) is 4.79 Å². The van der Waals surface area contributed by atoms with Crippen molar-refractivity contribution in [3.63, 3.8) is 0 Å². The highest BCUT2D eigenvalue weighted by atomic mass is 35.5. The maximum absolute atomic E-state index is 12.4. The Bertz CT molecular complexity index is 657. The van der Waals surface area contributed by atoms with Gasteiger partial charge in [-0.3, -0.25) is 4.79 Å². The molecule has 20 heavy (non-hydrogen) atoms. The minimum atomic E-state index is -0.215. The number of halogens is 1. The Hall–Kier alpha value is -0.870. The van der Waals surface area contributed by atoms with Crippen LogP contribution in [-0.2, 0) is 0 Å². The molecule has 0 radical (unpaired) electrons. The van der Waals surface area contributed by atoms with Crippen LogP contribution in [0.1, 0.15) is 68.1 Å². The summed E-state index contributed by atoms with van der Waals surface area (Å²) in [5.41, 5.74) is 1.18. The second kappa shape index (κ2) is 5.86. The van der Waals surface area contributed by atoms with Crippen molar-refractivity contribution < 1.29 is 0 Å². The molecule has 1 saturated carbocycles. The SMILES string of the molecule is CCC(Cl)c1nc2scc(C3CCCCC3)c2c(=O)[nH]1. The van der Waals surface area contributed by atoms with Gasteiger partial charge in [0, 0.05) is 0 Å². The molecule has 1 aliphatic carbocycles. The van der Waals surface area contributed by atoms with Crippen LogP contribution in [0.5, 0.6) is 0 Å². The first kappa shape index (κ1) is 14.1. The number of rotatable bonds is 3. The van der Waals surface area contributed by atoms with E-state index < -0.39 is 0 Å². The van der Waals surface area contributed by atoms with Gasteiger partial charge in [0.05, 0.1) is 10.8 Å². The van der Waals surface area contributed by atoms with Crippen molar-refractivity contribution in [3.8, 4) is 0 Å². The molecule has 1 atom stereocenters. The molecule has 1 aliphatic rings. The summed E-state index contributed by atoms with van der Waals surface area (Å²) in [4.78, 5) is 20.7. The average Bonchev–Trinajstić information content (AvgIpc) is 2.91.